The number of hydrazone groups is 1. The second-order valence-corrected chi connectivity index (χ2v) is 7.38. The molecule has 0 aromatic heterocycles. The largest absolute Gasteiger partial charge is 0.494 e. The van der Waals surface area contributed by atoms with Crippen LogP contribution in [0.1, 0.15) is 59.1 Å². The van der Waals surface area contributed by atoms with Gasteiger partial charge in [-0.25, -0.2) is 4.99 Å². The molecule has 6 heteroatoms. The highest BCUT2D eigenvalue weighted by molar-refractivity contribution is 6.46. The minimum absolute atomic E-state index is 0.0124. The fraction of sp³-hybridized carbons (Fsp3) is 0.480. The zero-order valence-electron chi connectivity index (χ0n) is 20.2. The number of nitrogens with zero attached hydrogens (tertiary/aromatic N) is 3. The van der Waals surface area contributed by atoms with Gasteiger partial charge in [-0.2, -0.15) is 5.10 Å². The molecule has 0 spiro atoms. The van der Waals surface area contributed by atoms with Crippen molar-refractivity contribution in [2.45, 2.75) is 60.9 Å². The van der Waals surface area contributed by atoms with E-state index in [0.29, 0.717) is 25.4 Å². The third kappa shape index (κ3) is 8.04. The lowest BCUT2D eigenvalue weighted by molar-refractivity contribution is -0.128. The monoisotopic (exact) mass is 426 g/mol. The molecule has 2 rings (SSSR count). The van der Waals surface area contributed by atoms with Crippen molar-refractivity contribution < 1.29 is 9.53 Å². The molecule has 0 bridgehead atoms. The van der Waals surface area contributed by atoms with Crippen LogP contribution in [0.4, 0.5) is 0 Å². The lowest BCUT2D eigenvalue weighted by Gasteiger charge is -2.30. The summed E-state index contributed by atoms with van der Waals surface area (Å²) in [7, 11) is 0. The minimum atomic E-state index is -0.299. The summed E-state index contributed by atoms with van der Waals surface area (Å²) in [5.74, 6) is 0.855. The third-order valence-electron chi connectivity index (χ3n) is 4.50. The Kier molecular flexibility index (Phi) is 11.3. The quantitative estimate of drug-likeness (QED) is 0.624. The third-order valence-corrected chi connectivity index (χ3v) is 4.50. The van der Waals surface area contributed by atoms with Crippen molar-refractivity contribution in [1.29, 1.82) is 0 Å². The van der Waals surface area contributed by atoms with Crippen LogP contribution in [-0.2, 0) is 4.79 Å². The van der Waals surface area contributed by atoms with Gasteiger partial charge in [0.25, 0.3) is 0 Å². The molecular weight excluding hydrogens is 388 g/mol. The van der Waals surface area contributed by atoms with Crippen LogP contribution in [-0.4, -0.2) is 48.1 Å². The average Bonchev–Trinajstić information content (AvgIpc) is 2.73. The van der Waals surface area contributed by atoms with Crippen LogP contribution in [0.15, 0.2) is 47.0 Å². The van der Waals surface area contributed by atoms with Crippen LogP contribution in [0, 0.1) is 6.92 Å². The number of hydrogen-bond donors (Lipinski definition) is 1. The maximum atomic E-state index is 11.9. The summed E-state index contributed by atoms with van der Waals surface area (Å²) in [5, 5.41) is 9.28. The number of piperazine rings is 1. The zero-order chi connectivity index (χ0) is 23.4. The van der Waals surface area contributed by atoms with Crippen LogP contribution in [0.5, 0.6) is 5.75 Å². The fourth-order valence-electron chi connectivity index (χ4n) is 2.90. The van der Waals surface area contributed by atoms with Crippen molar-refractivity contribution in [2.24, 2.45) is 10.1 Å². The summed E-state index contributed by atoms with van der Waals surface area (Å²) >= 11 is 0. The highest BCUT2D eigenvalue weighted by Gasteiger charge is 2.24. The fourth-order valence-corrected chi connectivity index (χ4v) is 2.90. The molecular formula is C25H38N4O2. The molecule has 1 amide bonds. The molecule has 1 heterocycles. The average molecular weight is 427 g/mol. The summed E-state index contributed by atoms with van der Waals surface area (Å²) < 4.78 is 5.60. The highest BCUT2D eigenvalue weighted by atomic mass is 16.5. The molecule has 1 saturated heterocycles. The number of carbonyl (C=O) groups excluding carboxylic acids is 1. The van der Waals surface area contributed by atoms with E-state index in [0.717, 1.165) is 28.3 Å². The number of aryl methyl sites for hydroxylation is 1. The maximum Gasteiger partial charge on any atom is 0.244 e. The number of nitrogens with one attached hydrogen (secondary N) is 1. The van der Waals surface area contributed by atoms with Gasteiger partial charge in [0.15, 0.2) is 0 Å². The lowest BCUT2D eigenvalue weighted by Crippen LogP contribution is -2.51. The van der Waals surface area contributed by atoms with Crippen LogP contribution in [0.25, 0.3) is 5.70 Å². The Bertz CT molecular complexity index is 840. The molecule has 1 aliphatic rings. The Morgan fingerprint density at radius 3 is 2.61 bits per heavy atom. The molecule has 6 nitrogen and oxygen atoms in total. The number of hydrogen-bond acceptors (Lipinski definition) is 5. The second kappa shape index (κ2) is 13.4. The number of allylic oxidation sites excluding steroid dienone is 2. The minimum Gasteiger partial charge on any atom is -0.494 e. The molecule has 1 aromatic carbocycles. The summed E-state index contributed by atoms with van der Waals surface area (Å²) in [4.78, 5) is 16.6. The van der Waals surface area contributed by atoms with Crippen LogP contribution < -0.4 is 10.1 Å². The van der Waals surface area contributed by atoms with Gasteiger partial charge in [0.1, 0.15) is 11.8 Å². The number of carbonyl (C=O) groups is 1. The first kappa shape index (κ1) is 26.1. The van der Waals surface area contributed by atoms with Gasteiger partial charge in [-0.15, -0.1) is 0 Å². The second-order valence-electron chi connectivity index (χ2n) is 7.38. The van der Waals surface area contributed by atoms with E-state index >= 15 is 0 Å². The van der Waals surface area contributed by atoms with E-state index in [1.807, 2.05) is 65.0 Å². The molecule has 170 valence electrons. The first-order valence-corrected chi connectivity index (χ1v) is 11.0. The van der Waals surface area contributed by atoms with Gasteiger partial charge < -0.3 is 10.1 Å². The van der Waals surface area contributed by atoms with Crippen molar-refractivity contribution in [3.05, 3.63) is 48.1 Å². The predicted octanol–water partition coefficient (Wildman–Crippen LogP) is 4.99. The first-order chi connectivity index (χ1) is 14.8. The lowest BCUT2D eigenvalue weighted by atomic mass is 10.1. The summed E-state index contributed by atoms with van der Waals surface area (Å²) in [5.41, 5.74) is 4.09. The number of amides is 1. The zero-order valence-corrected chi connectivity index (χ0v) is 20.2. The topological polar surface area (TPSA) is 66.3 Å². The first-order valence-electron chi connectivity index (χ1n) is 11.0. The van der Waals surface area contributed by atoms with E-state index < -0.39 is 0 Å². The molecule has 0 saturated carbocycles. The van der Waals surface area contributed by atoms with E-state index in [1.165, 1.54) is 6.42 Å². The Morgan fingerprint density at radius 2 is 2.03 bits per heavy atom. The molecule has 1 unspecified atom stereocenters. The van der Waals surface area contributed by atoms with Gasteiger partial charge in [0, 0.05) is 12.1 Å². The molecule has 1 aliphatic heterocycles. The van der Waals surface area contributed by atoms with Crippen molar-refractivity contribution >= 4 is 23.0 Å². The molecule has 1 N–H and O–H groups in total. The maximum absolute atomic E-state index is 11.9. The van der Waals surface area contributed by atoms with Crippen molar-refractivity contribution in [2.75, 3.05) is 19.7 Å². The van der Waals surface area contributed by atoms with E-state index in [1.54, 1.807) is 5.01 Å². The van der Waals surface area contributed by atoms with Crippen LogP contribution in [0.2, 0.25) is 0 Å². The Balaban J connectivity index is 0.00000151. The Morgan fingerprint density at radius 1 is 1.35 bits per heavy atom. The van der Waals surface area contributed by atoms with E-state index in [4.69, 9.17) is 9.73 Å². The number of aliphatic imine (C=N–C) groups is 1. The van der Waals surface area contributed by atoms with Gasteiger partial charge in [-0.1, -0.05) is 32.9 Å². The summed E-state index contributed by atoms with van der Waals surface area (Å²) in [6.45, 7) is 19.9. The Labute approximate surface area is 187 Å². The van der Waals surface area contributed by atoms with Gasteiger partial charge in [-0.05, 0) is 64.5 Å². The molecule has 0 aliphatic carbocycles. The number of benzene rings is 1. The summed E-state index contributed by atoms with van der Waals surface area (Å²) in [6, 6.07) is 5.63. The van der Waals surface area contributed by atoms with Crippen LogP contribution in [0.3, 0.4) is 0 Å². The van der Waals surface area contributed by atoms with Crippen molar-refractivity contribution in [3.8, 4) is 5.75 Å². The standard InChI is InChI=1S/C22H30N4O2.C3H8/c1-7-9-20(17(5)25-26-13-12-23-22(27)18(26)6)24-16(4)19-10-11-21(28-8-2)15(3)14-19;1-3-2/h7,9-11,14,18H,4,8,12-13H2,1-3,5-6H3,(H,23,27);3H2,1-2H3/b9-7-,24-20?,25-17+;. The summed E-state index contributed by atoms with van der Waals surface area (Å²) in [6.07, 6.45) is 5.07. The van der Waals surface area contributed by atoms with E-state index in [9.17, 15) is 4.79 Å². The number of rotatable bonds is 7. The van der Waals surface area contributed by atoms with Crippen molar-refractivity contribution in [3.63, 3.8) is 0 Å². The smallest absolute Gasteiger partial charge is 0.244 e. The van der Waals surface area contributed by atoms with Crippen molar-refractivity contribution in [1.82, 2.24) is 10.3 Å². The van der Waals surface area contributed by atoms with Crippen LogP contribution >= 0.6 is 0 Å². The molecule has 0 radical (unpaired) electrons. The van der Waals surface area contributed by atoms with Gasteiger partial charge in [0.05, 0.1) is 30.3 Å². The predicted molar refractivity (Wildman–Crippen MR) is 132 cm³/mol. The van der Waals surface area contributed by atoms with E-state index in [-0.39, 0.29) is 11.9 Å². The van der Waals surface area contributed by atoms with Gasteiger partial charge in [0.2, 0.25) is 5.91 Å². The van der Waals surface area contributed by atoms with E-state index in [2.05, 4.69) is 30.8 Å². The molecule has 1 atom stereocenters. The van der Waals surface area contributed by atoms with Gasteiger partial charge >= 0.3 is 0 Å². The number of ether oxygens (including phenoxy) is 1. The SMILES string of the molecule is C=C(N=C(/C=C\C)/C(C)=N/N1CCNC(=O)C1C)c1ccc(OCC)c(C)c1.CCC. The highest BCUT2D eigenvalue weighted by Crippen LogP contribution is 2.23. The Hall–Kier alpha value is -2.89. The van der Waals surface area contributed by atoms with Gasteiger partial charge in [-0.3, -0.25) is 9.80 Å². The normalized spacial score (nSPS) is 17.2. The molecule has 1 aromatic rings. The molecule has 1 fully saturated rings. The molecule has 31 heavy (non-hydrogen) atoms.